The van der Waals surface area contributed by atoms with E-state index in [0.717, 1.165) is 11.3 Å². The summed E-state index contributed by atoms with van der Waals surface area (Å²) in [5.74, 6) is 0. The summed E-state index contributed by atoms with van der Waals surface area (Å²) in [5, 5.41) is 13.7. The van der Waals surface area contributed by atoms with Crippen LogP contribution in [0.1, 0.15) is 11.7 Å². The standard InChI is InChI=1S/C12H12N2O/c1-2-12(15)10-8-13-14(9-10)11-6-4-3-5-7-11/h2-9,12,15H,1H2. The Morgan fingerprint density at radius 3 is 2.73 bits per heavy atom. The number of hydrogen-bond donors (Lipinski definition) is 1. The van der Waals surface area contributed by atoms with Crippen LogP contribution in [0.25, 0.3) is 5.69 Å². The average Bonchev–Trinajstić information content (AvgIpc) is 2.78. The third-order valence-corrected chi connectivity index (χ3v) is 2.19. The Morgan fingerprint density at radius 1 is 1.33 bits per heavy atom. The van der Waals surface area contributed by atoms with Gasteiger partial charge >= 0.3 is 0 Å². The maximum absolute atomic E-state index is 9.52. The molecule has 0 amide bonds. The lowest BCUT2D eigenvalue weighted by atomic mass is 10.2. The third-order valence-electron chi connectivity index (χ3n) is 2.19. The van der Waals surface area contributed by atoms with Crippen LogP contribution in [-0.2, 0) is 0 Å². The summed E-state index contributed by atoms with van der Waals surface area (Å²) in [4.78, 5) is 0. The predicted molar refractivity (Wildman–Crippen MR) is 58.7 cm³/mol. The van der Waals surface area contributed by atoms with Crippen molar-refractivity contribution in [1.29, 1.82) is 0 Å². The zero-order valence-corrected chi connectivity index (χ0v) is 8.24. The molecule has 0 saturated carbocycles. The molecule has 0 saturated heterocycles. The molecule has 0 radical (unpaired) electrons. The van der Waals surface area contributed by atoms with Crippen molar-refractivity contribution in [3.8, 4) is 5.69 Å². The van der Waals surface area contributed by atoms with Crippen LogP contribution in [-0.4, -0.2) is 14.9 Å². The first kappa shape index (κ1) is 9.68. The van der Waals surface area contributed by atoms with E-state index in [0.29, 0.717) is 0 Å². The fourth-order valence-electron chi connectivity index (χ4n) is 1.35. The molecule has 1 heterocycles. The van der Waals surface area contributed by atoms with Crippen LogP contribution in [0, 0.1) is 0 Å². The molecule has 15 heavy (non-hydrogen) atoms. The molecule has 3 heteroatoms. The van der Waals surface area contributed by atoms with Crippen LogP contribution in [0.5, 0.6) is 0 Å². The summed E-state index contributed by atoms with van der Waals surface area (Å²) < 4.78 is 1.72. The zero-order chi connectivity index (χ0) is 10.7. The van der Waals surface area contributed by atoms with Gasteiger partial charge in [-0.15, -0.1) is 6.58 Å². The Balaban J connectivity index is 2.32. The number of aromatic nitrogens is 2. The number of nitrogens with zero attached hydrogens (tertiary/aromatic N) is 2. The number of aliphatic hydroxyl groups excluding tert-OH is 1. The summed E-state index contributed by atoms with van der Waals surface area (Å²) >= 11 is 0. The minimum absolute atomic E-state index is 0.650. The summed E-state index contributed by atoms with van der Waals surface area (Å²) in [6.45, 7) is 3.53. The van der Waals surface area contributed by atoms with Crippen molar-refractivity contribution in [3.05, 3.63) is 60.9 Å². The van der Waals surface area contributed by atoms with E-state index in [1.165, 1.54) is 6.08 Å². The van der Waals surface area contributed by atoms with Gasteiger partial charge in [-0.3, -0.25) is 0 Å². The monoisotopic (exact) mass is 200 g/mol. The van der Waals surface area contributed by atoms with Gasteiger partial charge in [0.25, 0.3) is 0 Å². The predicted octanol–water partition coefficient (Wildman–Crippen LogP) is 2.09. The molecule has 0 spiro atoms. The number of hydrogen-bond acceptors (Lipinski definition) is 2. The molecular formula is C12H12N2O. The minimum atomic E-state index is -0.650. The highest BCUT2D eigenvalue weighted by Crippen LogP contribution is 2.14. The van der Waals surface area contributed by atoms with Crippen molar-refractivity contribution in [3.63, 3.8) is 0 Å². The number of para-hydroxylation sites is 1. The molecule has 1 aromatic carbocycles. The summed E-state index contributed by atoms with van der Waals surface area (Å²) in [5.41, 5.74) is 1.72. The highest BCUT2D eigenvalue weighted by Gasteiger charge is 2.06. The Labute approximate surface area is 88.3 Å². The van der Waals surface area contributed by atoms with E-state index in [9.17, 15) is 5.11 Å². The number of aliphatic hydroxyl groups is 1. The first-order valence-corrected chi connectivity index (χ1v) is 4.72. The molecule has 3 nitrogen and oxygen atoms in total. The van der Waals surface area contributed by atoms with Gasteiger partial charge in [0.05, 0.1) is 18.0 Å². The molecule has 1 aromatic heterocycles. The topological polar surface area (TPSA) is 38.1 Å². The molecule has 0 aliphatic rings. The van der Waals surface area contributed by atoms with Gasteiger partial charge in [0.15, 0.2) is 0 Å². The second kappa shape index (κ2) is 4.11. The van der Waals surface area contributed by atoms with Gasteiger partial charge in [0.2, 0.25) is 0 Å². The quantitative estimate of drug-likeness (QED) is 0.770. The van der Waals surface area contributed by atoms with Gasteiger partial charge in [0, 0.05) is 11.8 Å². The SMILES string of the molecule is C=CC(O)c1cnn(-c2ccccc2)c1. The number of rotatable bonds is 3. The summed E-state index contributed by atoms with van der Waals surface area (Å²) in [6, 6.07) is 9.75. The fraction of sp³-hybridized carbons (Fsp3) is 0.0833. The van der Waals surface area contributed by atoms with Gasteiger partial charge in [-0.1, -0.05) is 24.3 Å². The van der Waals surface area contributed by atoms with E-state index < -0.39 is 6.10 Å². The molecule has 2 aromatic rings. The lowest BCUT2D eigenvalue weighted by molar-refractivity contribution is 0.229. The van der Waals surface area contributed by atoms with Gasteiger partial charge in [-0.25, -0.2) is 4.68 Å². The smallest absolute Gasteiger partial charge is 0.0999 e. The Kier molecular flexibility index (Phi) is 2.65. The van der Waals surface area contributed by atoms with Crippen molar-refractivity contribution in [2.24, 2.45) is 0 Å². The largest absolute Gasteiger partial charge is 0.384 e. The molecular weight excluding hydrogens is 188 g/mol. The Morgan fingerprint density at radius 2 is 2.07 bits per heavy atom. The molecule has 1 N–H and O–H groups in total. The summed E-state index contributed by atoms with van der Waals surface area (Å²) in [7, 11) is 0. The van der Waals surface area contributed by atoms with Crippen molar-refractivity contribution in [2.75, 3.05) is 0 Å². The van der Waals surface area contributed by atoms with Crippen molar-refractivity contribution in [1.82, 2.24) is 9.78 Å². The summed E-state index contributed by atoms with van der Waals surface area (Å²) in [6.07, 6.45) is 4.26. The first-order valence-electron chi connectivity index (χ1n) is 4.72. The molecule has 0 aliphatic carbocycles. The minimum Gasteiger partial charge on any atom is -0.384 e. The normalized spacial score (nSPS) is 12.3. The van der Waals surface area contributed by atoms with E-state index >= 15 is 0 Å². The van der Waals surface area contributed by atoms with Crippen molar-refractivity contribution < 1.29 is 5.11 Å². The van der Waals surface area contributed by atoms with Gasteiger partial charge in [-0.2, -0.15) is 5.10 Å². The molecule has 0 aliphatic heterocycles. The van der Waals surface area contributed by atoms with Crippen LogP contribution in [0.4, 0.5) is 0 Å². The first-order chi connectivity index (χ1) is 7.31. The molecule has 1 unspecified atom stereocenters. The van der Waals surface area contributed by atoms with Crippen LogP contribution in [0.2, 0.25) is 0 Å². The van der Waals surface area contributed by atoms with E-state index in [-0.39, 0.29) is 0 Å². The lowest BCUT2D eigenvalue weighted by Crippen LogP contribution is -1.93. The van der Waals surface area contributed by atoms with E-state index in [1.807, 2.05) is 30.3 Å². The van der Waals surface area contributed by atoms with E-state index in [1.54, 1.807) is 17.1 Å². The number of benzene rings is 1. The van der Waals surface area contributed by atoms with Gasteiger partial charge < -0.3 is 5.11 Å². The molecule has 0 bridgehead atoms. The van der Waals surface area contributed by atoms with Crippen LogP contribution >= 0.6 is 0 Å². The highest BCUT2D eigenvalue weighted by molar-refractivity contribution is 5.31. The fourth-order valence-corrected chi connectivity index (χ4v) is 1.35. The Bertz CT molecular complexity index is 448. The third kappa shape index (κ3) is 1.97. The Hall–Kier alpha value is -1.87. The van der Waals surface area contributed by atoms with Crippen LogP contribution in [0.3, 0.4) is 0 Å². The van der Waals surface area contributed by atoms with Gasteiger partial charge in [0.1, 0.15) is 0 Å². The second-order valence-electron chi connectivity index (χ2n) is 3.23. The molecule has 2 rings (SSSR count). The van der Waals surface area contributed by atoms with E-state index in [4.69, 9.17) is 0 Å². The van der Waals surface area contributed by atoms with Crippen LogP contribution < -0.4 is 0 Å². The second-order valence-corrected chi connectivity index (χ2v) is 3.23. The van der Waals surface area contributed by atoms with Crippen LogP contribution in [0.15, 0.2) is 55.4 Å². The molecule has 1 atom stereocenters. The zero-order valence-electron chi connectivity index (χ0n) is 8.24. The average molecular weight is 200 g/mol. The molecule has 0 fully saturated rings. The maximum atomic E-state index is 9.52. The molecule has 76 valence electrons. The van der Waals surface area contributed by atoms with Gasteiger partial charge in [-0.05, 0) is 12.1 Å². The van der Waals surface area contributed by atoms with Crippen molar-refractivity contribution >= 4 is 0 Å². The highest BCUT2D eigenvalue weighted by atomic mass is 16.3. The van der Waals surface area contributed by atoms with E-state index in [2.05, 4.69) is 11.7 Å². The lowest BCUT2D eigenvalue weighted by Gasteiger charge is -2.00. The van der Waals surface area contributed by atoms with Crippen molar-refractivity contribution in [2.45, 2.75) is 6.10 Å². The maximum Gasteiger partial charge on any atom is 0.0999 e.